The third kappa shape index (κ3) is 3.79. The molecule has 0 amide bonds. The third-order valence-electron chi connectivity index (χ3n) is 2.39. The van der Waals surface area contributed by atoms with Crippen LogP contribution in [0.15, 0.2) is 54.6 Å². The van der Waals surface area contributed by atoms with Crippen LogP contribution in [0.2, 0.25) is 0 Å². The van der Waals surface area contributed by atoms with Gasteiger partial charge in [0.05, 0.1) is 0 Å². The summed E-state index contributed by atoms with van der Waals surface area (Å²) in [5, 5.41) is 0. The lowest BCUT2D eigenvalue weighted by molar-refractivity contribution is 0.229. The lowest BCUT2D eigenvalue weighted by atomic mass is 10.2. The molecule has 0 aliphatic heterocycles. The van der Waals surface area contributed by atoms with Crippen LogP contribution in [-0.2, 0) is 6.61 Å². The second-order valence-electron chi connectivity index (χ2n) is 4.07. The molecule has 1 unspecified atom stereocenters. The topological polar surface area (TPSA) is 44.5 Å². The smallest absolute Gasteiger partial charge is 0.144 e. The molecule has 3 nitrogen and oxygen atoms in total. The molecule has 2 N–H and O–H groups in total. The molecule has 0 aliphatic rings. The lowest BCUT2D eigenvalue weighted by Crippen LogP contribution is -2.22. The fraction of sp³-hybridized carbons (Fsp3) is 0.200. The van der Waals surface area contributed by atoms with Crippen LogP contribution in [0.25, 0.3) is 0 Å². The summed E-state index contributed by atoms with van der Waals surface area (Å²) in [6, 6.07) is 17.5. The minimum absolute atomic E-state index is 0.305. The van der Waals surface area contributed by atoms with Crippen molar-refractivity contribution in [3.05, 3.63) is 60.2 Å². The average Bonchev–Trinajstić information content (AvgIpc) is 2.38. The van der Waals surface area contributed by atoms with Gasteiger partial charge in [0, 0.05) is 0 Å². The van der Waals surface area contributed by atoms with Gasteiger partial charge in [0.2, 0.25) is 0 Å². The molecule has 0 fully saturated rings. The zero-order valence-electron chi connectivity index (χ0n) is 10.4. The van der Waals surface area contributed by atoms with E-state index in [-0.39, 0.29) is 6.23 Å². The Kier molecular flexibility index (Phi) is 4.20. The SMILES string of the molecule is CC(N)Oc1ccc(OCc2ccccc2)cc1. The largest absolute Gasteiger partial charge is 0.489 e. The standard InChI is InChI=1S/C15H17NO2/c1-12(16)18-15-9-7-14(8-10-15)17-11-13-5-3-2-4-6-13/h2-10,12H,11,16H2,1H3. The number of benzene rings is 2. The van der Waals surface area contributed by atoms with Crippen molar-refractivity contribution in [3.63, 3.8) is 0 Å². The van der Waals surface area contributed by atoms with E-state index in [0.717, 1.165) is 17.1 Å². The Morgan fingerprint density at radius 2 is 1.56 bits per heavy atom. The Bertz CT molecular complexity index is 466. The number of hydrogen-bond acceptors (Lipinski definition) is 3. The van der Waals surface area contributed by atoms with E-state index in [4.69, 9.17) is 15.2 Å². The maximum atomic E-state index is 5.67. The Morgan fingerprint density at radius 1 is 0.944 bits per heavy atom. The van der Waals surface area contributed by atoms with Crippen molar-refractivity contribution < 1.29 is 9.47 Å². The van der Waals surface area contributed by atoms with Crippen LogP contribution in [0.3, 0.4) is 0 Å². The summed E-state index contributed by atoms with van der Waals surface area (Å²) < 4.78 is 11.0. The number of nitrogens with two attached hydrogens (primary N) is 1. The lowest BCUT2D eigenvalue weighted by Gasteiger charge is -2.10. The van der Waals surface area contributed by atoms with E-state index >= 15 is 0 Å². The summed E-state index contributed by atoms with van der Waals surface area (Å²) in [6.07, 6.45) is -0.305. The molecule has 0 bridgehead atoms. The van der Waals surface area contributed by atoms with Gasteiger partial charge in [-0.1, -0.05) is 30.3 Å². The molecule has 0 spiro atoms. The maximum absolute atomic E-state index is 5.67. The highest BCUT2D eigenvalue weighted by molar-refractivity contribution is 5.31. The number of ether oxygens (including phenoxy) is 2. The van der Waals surface area contributed by atoms with Gasteiger partial charge in [0.1, 0.15) is 24.3 Å². The zero-order chi connectivity index (χ0) is 12.8. The summed E-state index contributed by atoms with van der Waals surface area (Å²) in [5.41, 5.74) is 6.69. The summed E-state index contributed by atoms with van der Waals surface area (Å²) in [4.78, 5) is 0. The van der Waals surface area contributed by atoms with E-state index in [9.17, 15) is 0 Å². The molecule has 2 aromatic rings. The van der Waals surface area contributed by atoms with Crippen LogP contribution in [0.1, 0.15) is 12.5 Å². The summed E-state index contributed by atoms with van der Waals surface area (Å²) in [7, 11) is 0. The molecule has 0 aromatic heterocycles. The van der Waals surface area contributed by atoms with Crippen molar-refractivity contribution in [1.29, 1.82) is 0 Å². The highest BCUT2D eigenvalue weighted by Gasteiger charge is 1.99. The summed E-state index contributed by atoms with van der Waals surface area (Å²) in [6.45, 7) is 2.36. The first kappa shape index (κ1) is 12.5. The molecule has 2 aromatic carbocycles. The van der Waals surface area contributed by atoms with E-state index in [1.807, 2.05) is 54.6 Å². The van der Waals surface area contributed by atoms with Gasteiger partial charge in [0.15, 0.2) is 0 Å². The van der Waals surface area contributed by atoms with Gasteiger partial charge >= 0.3 is 0 Å². The van der Waals surface area contributed by atoms with Crippen LogP contribution in [0.5, 0.6) is 11.5 Å². The molecular formula is C15H17NO2. The minimum atomic E-state index is -0.305. The highest BCUT2D eigenvalue weighted by Crippen LogP contribution is 2.19. The predicted molar refractivity (Wildman–Crippen MR) is 71.5 cm³/mol. The molecule has 0 saturated heterocycles. The van der Waals surface area contributed by atoms with Crippen molar-refractivity contribution in [3.8, 4) is 11.5 Å². The fourth-order valence-electron chi connectivity index (χ4n) is 1.57. The molecule has 0 saturated carbocycles. The molecule has 0 aliphatic carbocycles. The molecule has 2 rings (SSSR count). The van der Waals surface area contributed by atoms with Crippen molar-refractivity contribution in [2.24, 2.45) is 5.73 Å². The van der Waals surface area contributed by atoms with Gasteiger partial charge in [-0.15, -0.1) is 0 Å². The molecule has 1 atom stereocenters. The van der Waals surface area contributed by atoms with Crippen LogP contribution in [-0.4, -0.2) is 6.23 Å². The van der Waals surface area contributed by atoms with Crippen molar-refractivity contribution >= 4 is 0 Å². The highest BCUT2D eigenvalue weighted by atomic mass is 16.5. The van der Waals surface area contributed by atoms with Gasteiger partial charge in [-0.25, -0.2) is 0 Å². The van der Waals surface area contributed by atoms with Gasteiger partial charge < -0.3 is 9.47 Å². The maximum Gasteiger partial charge on any atom is 0.144 e. The summed E-state index contributed by atoms with van der Waals surface area (Å²) in [5.74, 6) is 1.56. The Morgan fingerprint density at radius 3 is 2.17 bits per heavy atom. The molecule has 0 radical (unpaired) electrons. The van der Waals surface area contributed by atoms with E-state index in [2.05, 4.69) is 0 Å². The van der Waals surface area contributed by atoms with E-state index in [1.54, 1.807) is 6.92 Å². The van der Waals surface area contributed by atoms with Gasteiger partial charge in [-0.2, -0.15) is 0 Å². The van der Waals surface area contributed by atoms with Gasteiger partial charge in [0.25, 0.3) is 0 Å². The molecule has 94 valence electrons. The number of rotatable bonds is 5. The Hall–Kier alpha value is -2.00. The first-order chi connectivity index (χ1) is 8.74. The van der Waals surface area contributed by atoms with E-state index < -0.39 is 0 Å². The summed E-state index contributed by atoms with van der Waals surface area (Å²) >= 11 is 0. The molecular weight excluding hydrogens is 226 g/mol. The van der Waals surface area contributed by atoms with Gasteiger partial charge in [-0.3, -0.25) is 5.73 Å². The van der Waals surface area contributed by atoms with Crippen LogP contribution < -0.4 is 15.2 Å². The monoisotopic (exact) mass is 243 g/mol. The Balaban J connectivity index is 1.90. The first-order valence-electron chi connectivity index (χ1n) is 5.93. The number of hydrogen-bond donors (Lipinski definition) is 1. The van der Waals surface area contributed by atoms with E-state index in [1.165, 1.54) is 0 Å². The second kappa shape index (κ2) is 6.07. The van der Waals surface area contributed by atoms with E-state index in [0.29, 0.717) is 6.61 Å². The zero-order valence-corrected chi connectivity index (χ0v) is 10.4. The molecule has 0 heterocycles. The minimum Gasteiger partial charge on any atom is -0.489 e. The van der Waals surface area contributed by atoms with Crippen molar-refractivity contribution in [1.82, 2.24) is 0 Å². The van der Waals surface area contributed by atoms with Crippen LogP contribution in [0.4, 0.5) is 0 Å². The van der Waals surface area contributed by atoms with Gasteiger partial charge in [-0.05, 0) is 36.8 Å². The molecule has 18 heavy (non-hydrogen) atoms. The van der Waals surface area contributed by atoms with Crippen molar-refractivity contribution in [2.75, 3.05) is 0 Å². The second-order valence-corrected chi connectivity index (χ2v) is 4.07. The molecule has 3 heteroatoms. The Labute approximate surface area is 107 Å². The van der Waals surface area contributed by atoms with Crippen molar-refractivity contribution in [2.45, 2.75) is 19.8 Å². The average molecular weight is 243 g/mol. The third-order valence-corrected chi connectivity index (χ3v) is 2.39. The van der Waals surface area contributed by atoms with Crippen LogP contribution in [0, 0.1) is 0 Å². The first-order valence-corrected chi connectivity index (χ1v) is 5.93. The fourth-order valence-corrected chi connectivity index (χ4v) is 1.57. The van der Waals surface area contributed by atoms with Crippen LogP contribution >= 0.6 is 0 Å². The predicted octanol–water partition coefficient (Wildman–Crippen LogP) is 2.95. The normalized spacial score (nSPS) is 11.9. The quantitative estimate of drug-likeness (QED) is 0.821.